The molecule has 0 aromatic carbocycles. The average Bonchev–Trinajstić information content (AvgIpc) is 2.92. The summed E-state index contributed by atoms with van der Waals surface area (Å²) in [5, 5.41) is 0. The molecule has 2 aliphatic rings. The van der Waals surface area contributed by atoms with Gasteiger partial charge < -0.3 is 0 Å². The molecule has 2 aliphatic carbocycles. The van der Waals surface area contributed by atoms with Crippen LogP contribution in [0.15, 0.2) is 0 Å². The minimum Gasteiger partial charge on any atom is -0.126 e. The maximum atomic E-state index is 6.21. The van der Waals surface area contributed by atoms with Crippen molar-refractivity contribution in [3.8, 4) is 0 Å². The minimum absolute atomic E-state index is 0.569. The summed E-state index contributed by atoms with van der Waals surface area (Å²) in [5.41, 5.74) is 0.569. The first-order valence-electron chi connectivity index (χ1n) is 7.35. The molecule has 0 spiro atoms. The summed E-state index contributed by atoms with van der Waals surface area (Å²) >= 11 is 6.21. The number of alkyl halides is 1. The second kappa shape index (κ2) is 5.76. The third kappa shape index (κ3) is 3.15. The summed E-state index contributed by atoms with van der Waals surface area (Å²) < 4.78 is 0. The van der Waals surface area contributed by atoms with Gasteiger partial charge in [-0.2, -0.15) is 0 Å². The summed E-state index contributed by atoms with van der Waals surface area (Å²) in [6.07, 6.45) is 14.4. The van der Waals surface area contributed by atoms with Crippen LogP contribution in [0.25, 0.3) is 0 Å². The SMILES string of the molecule is CCCCCCCCC1(CCl)CC2CC2C1. The molecule has 1 heteroatoms. The van der Waals surface area contributed by atoms with Gasteiger partial charge in [0.1, 0.15) is 0 Å². The molecule has 0 saturated heterocycles. The zero-order valence-electron chi connectivity index (χ0n) is 10.8. The molecule has 0 aromatic rings. The molecule has 2 saturated carbocycles. The predicted octanol–water partition coefficient (Wildman–Crippen LogP) is 5.39. The lowest BCUT2D eigenvalue weighted by Gasteiger charge is -2.28. The Hall–Kier alpha value is 0.290. The Labute approximate surface area is 106 Å². The fourth-order valence-electron chi connectivity index (χ4n) is 3.67. The highest BCUT2D eigenvalue weighted by molar-refractivity contribution is 6.18. The molecule has 0 amide bonds. The number of fused-ring (bicyclic) bond motifs is 1. The Morgan fingerprint density at radius 1 is 1.00 bits per heavy atom. The van der Waals surface area contributed by atoms with E-state index in [4.69, 9.17) is 11.6 Å². The molecule has 0 heterocycles. The standard InChI is InChI=1S/C15H27Cl/c1-2-3-4-5-6-7-8-15(12-16)10-13-9-14(13)11-15/h13-14H,2-12H2,1H3. The summed E-state index contributed by atoms with van der Waals surface area (Å²) in [7, 11) is 0. The molecular weight excluding hydrogens is 216 g/mol. The van der Waals surface area contributed by atoms with Crippen molar-refractivity contribution in [1.82, 2.24) is 0 Å². The molecule has 2 rings (SSSR count). The Morgan fingerprint density at radius 2 is 1.62 bits per heavy atom. The van der Waals surface area contributed by atoms with Crippen LogP contribution in [0, 0.1) is 17.3 Å². The normalized spacial score (nSPS) is 36.4. The summed E-state index contributed by atoms with van der Waals surface area (Å²) in [6, 6.07) is 0. The third-order valence-corrected chi connectivity index (χ3v) is 5.37. The first-order chi connectivity index (χ1) is 7.79. The summed E-state index contributed by atoms with van der Waals surface area (Å²) in [6.45, 7) is 2.29. The van der Waals surface area contributed by atoms with E-state index < -0.39 is 0 Å². The van der Waals surface area contributed by atoms with Gasteiger partial charge in [0, 0.05) is 5.88 Å². The van der Waals surface area contributed by atoms with E-state index in [1.165, 1.54) is 64.2 Å². The molecule has 2 unspecified atom stereocenters. The maximum absolute atomic E-state index is 6.21. The van der Waals surface area contributed by atoms with Gasteiger partial charge >= 0.3 is 0 Å². The highest BCUT2D eigenvalue weighted by Gasteiger charge is 2.52. The highest BCUT2D eigenvalue weighted by Crippen LogP contribution is 2.61. The number of hydrogen-bond acceptors (Lipinski definition) is 0. The Bertz CT molecular complexity index is 201. The Balaban J connectivity index is 1.57. The van der Waals surface area contributed by atoms with E-state index in [0.717, 1.165) is 17.7 Å². The van der Waals surface area contributed by atoms with Gasteiger partial charge in [-0.25, -0.2) is 0 Å². The number of hydrogen-bond donors (Lipinski definition) is 0. The van der Waals surface area contributed by atoms with Gasteiger partial charge in [0.05, 0.1) is 0 Å². The van der Waals surface area contributed by atoms with Gasteiger partial charge in [0.15, 0.2) is 0 Å². The molecule has 0 nitrogen and oxygen atoms in total. The fourth-order valence-corrected chi connectivity index (χ4v) is 4.02. The van der Waals surface area contributed by atoms with Crippen LogP contribution < -0.4 is 0 Å². The van der Waals surface area contributed by atoms with Gasteiger partial charge in [-0.3, -0.25) is 0 Å². The van der Waals surface area contributed by atoms with Crippen molar-refractivity contribution in [3.63, 3.8) is 0 Å². The fraction of sp³-hybridized carbons (Fsp3) is 1.00. The average molecular weight is 243 g/mol. The molecule has 2 atom stereocenters. The van der Waals surface area contributed by atoms with E-state index in [1.807, 2.05) is 0 Å². The zero-order valence-corrected chi connectivity index (χ0v) is 11.6. The van der Waals surface area contributed by atoms with Crippen molar-refractivity contribution < 1.29 is 0 Å². The monoisotopic (exact) mass is 242 g/mol. The van der Waals surface area contributed by atoms with Crippen molar-refractivity contribution in [1.29, 1.82) is 0 Å². The van der Waals surface area contributed by atoms with E-state index in [0.29, 0.717) is 5.41 Å². The molecule has 16 heavy (non-hydrogen) atoms. The summed E-state index contributed by atoms with van der Waals surface area (Å²) in [4.78, 5) is 0. The molecular formula is C15H27Cl. The first-order valence-corrected chi connectivity index (χ1v) is 7.89. The molecule has 0 bridgehead atoms. The highest BCUT2D eigenvalue weighted by atomic mass is 35.5. The summed E-state index contributed by atoms with van der Waals surface area (Å²) in [5.74, 6) is 3.09. The maximum Gasteiger partial charge on any atom is 0.0280 e. The largest absolute Gasteiger partial charge is 0.126 e. The van der Waals surface area contributed by atoms with E-state index >= 15 is 0 Å². The topological polar surface area (TPSA) is 0 Å². The Morgan fingerprint density at radius 3 is 2.25 bits per heavy atom. The van der Waals surface area contributed by atoms with Crippen LogP contribution >= 0.6 is 11.6 Å². The predicted molar refractivity (Wildman–Crippen MR) is 72.0 cm³/mol. The van der Waals surface area contributed by atoms with Gasteiger partial charge in [-0.05, 0) is 42.9 Å². The molecule has 2 fully saturated rings. The second-order valence-corrected chi connectivity index (χ2v) is 6.58. The van der Waals surface area contributed by atoms with E-state index in [9.17, 15) is 0 Å². The lowest BCUT2D eigenvalue weighted by molar-refractivity contribution is 0.269. The zero-order chi connectivity index (χ0) is 11.4. The molecule has 0 aliphatic heterocycles. The van der Waals surface area contributed by atoms with E-state index in [-0.39, 0.29) is 0 Å². The number of rotatable bonds is 8. The Kier molecular flexibility index (Phi) is 4.58. The lowest BCUT2D eigenvalue weighted by Crippen LogP contribution is -2.20. The number of halogens is 1. The number of unbranched alkanes of at least 4 members (excludes halogenated alkanes) is 5. The molecule has 0 radical (unpaired) electrons. The van der Waals surface area contributed by atoms with Crippen molar-refractivity contribution in [2.75, 3.05) is 5.88 Å². The van der Waals surface area contributed by atoms with Gasteiger partial charge in [-0.1, -0.05) is 45.4 Å². The van der Waals surface area contributed by atoms with Crippen LogP contribution in [0.3, 0.4) is 0 Å². The van der Waals surface area contributed by atoms with Crippen LogP contribution in [-0.4, -0.2) is 5.88 Å². The lowest BCUT2D eigenvalue weighted by atomic mass is 9.80. The molecule has 94 valence electrons. The van der Waals surface area contributed by atoms with E-state index in [2.05, 4.69) is 6.92 Å². The van der Waals surface area contributed by atoms with Crippen molar-refractivity contribution >= 4 is 11.6 Å². The molecule has 0 N–H and O–H groups in total. The van der Waals surface area contributed by atoms with Crippen LogP contribution in [0.2, 0.25) is 0 Å². The quantitative estimate of drug-likeness (QED) is 0.395. The van der Waals surface area contributed by atoms with Crippen LogP contribution in [-0.2, 0) is 0 Å². The van der Waals surface area contributed by atoms with Crippen molar-refractivity contribution in [2.24, 2.45) is 17.3 Å². The van der Waals surface area contributed by atoms with E-state index in [1.54, 1.807) is 0 Å². The van der Waals surface area contributed by atoms with Gasteiger partial charge in [0.25, 0.3) is 0 Å². The van der Waals surface area contributed by atoms with Crippen molar-refractivity contribution in [3.05, 3.63) is 0 Å². The van der Waals surface area contributed by atoms with Crippen molar-refractivity contribution in [2.45, 2.75) is 71.1 Å². The molecule has 0 aromatic heterocycles. The van der Waals surface area contributed by atoms with Gasteiger partial charge in [0.2, 0.25) is 0 Å². The smallest absolute Gasteiger partial charge is 0.0280 e. The van der Waals surface area contributed by atoms with Crippen LogP contribution in [0.1, 0.15) is 71.1 Å². The first kappa shape index (κ1) is 12.7. The third-order valence-electron chi connectivity index (χ3n) is 4.80. The second-order valence-electron chi connectivity index (χ2n) is 6.32. The van der Waals surface area contributed by atoms with Crippen LogP contribution in [0.5, 0.6) is 0 Å². The van der Waals surface area contributed by atoms with Gasteiger partial charge in [-0.15, -0.1) is 11.6 Å². The van der Waals surface area contributed by atoms with Crippen LogP contribution in [0.4, 0.5) is 0 Å². The minimum atomic E-state index is 0.569.